The summed E-state index contributed by atoms with van der Waals surface area (Å²) in [6.45, 7) is 1.69. The predicted octanol–water partition coefficient (Wildman–Crippen LogP) is 3.38. The average Bonchev–Trinajstić information content (AvgIpc) is 3.38. The minimum atomic E-state index is 0.282. The number of likely N-dealkylation sites (tertiary alicyclic amines) is 1. The van der Waals surface area contributed by atoms with Gasteiger partial charge in [0.2, 0.25) is 5.91 Å². The summed E-state index contributed by atoms with van der Waals surface area (Å²) >= 11 is 1.83. The molecule has 2 aliphatic carbocycles. The molecule has 1 amide bonds. The van der Waals surface area contributed by atoms with E-state index in [9.17, 15) is 4.79 Å². The molecule has 6 heteroatoms. The number of carbonyl (C=O) groups is 1. The number of thiophene rings is 1. The zero-order valence-corrected chi connectivity index (χ0v) is 15.3. The molecule has 5 nitrogen and oxygen atoms in total. The Morgan fingerprint density at radius 3 is 2.92 bits per heavy atom. The third-order valence-corrected chi connectivity index (χ3v) is 7.25. The number of hydrogen-bond donors (Lipinski definition) is 1. The van der Waals surface area contributed by atoms with E-state index in [0.717, 1.165) is 49.4 Å². The van der Waals surface area contributed by atoms with Crippen LogP contribution in [0, 0.1) is 5.92 Å². The summed E-state index contributed by atoms with van der Waals surface area (Å²) in [4.78, 5) is 26.3. The zero-order chi connectivity index (χ0) is 16.8. The Bertz CT molecular complexity index is 811. The smallest absolute Gasteiger partial charge is 0.225 e. The van der Waals surface area contributed by atoms with Gasteiger partial charge in [0.1, 0.15) is 17.0 Å². The average molecular weight is 356 g/mol. The maximum Gasteiger partial charge on any atom is 0.225 e. The minimum Gasteiger partial charge on any atom is -0.365 e. The fraction of sp³-hybridized carbons (Fsp3) is 0.632. The van der Waals surface area contributed by atoms with Gasteiger partial charge in [0.05, 0.1) is 5.39 Å². The first-order valence-electron chi connectivity index (χ1n) is 9.60. The van der Waals surface area contributed by atoms with Gasteiger partial charge in [0.25, 0.3) is 0 Å². The van der Waals surface area contributed by atoms with E-state index in [-0.39, 0.29) is 5.92 Å². The molecule has 1 unspecified atom stereocenters. The van der Waals surface area contributed by atoms with Crippen LogP contribution in [0.15, 0.2) is 6.33 Å². The van der Waals surface area contributed by atoms with Crippen LogP contribution in [0.25, 0.3) is 10.2 Å². The van der Waals surface area contributed by atoms with Gasteiger partial charge in [-0.25, -0.2) is 9.97 Å². The molecule has 2 aromatic heterocycles. The van der Waals surface area contributed by atoms with Crippen LogP contribution < -0.4 is 5.32 Å². The molecule has 5 rings (SSSR count). The Kier molecular flexibility index (Phi) is 3.88. The van der Waals surface area contributed by atoms with Crippen LogP contribution in [0.5, 0.6) is 0 Å². The third-order valence-electron chi connectivity index (χ3n) is 6.05. The van der Waals surface area contributed by atoms with Gasteiger partial charge in [0, 0.05) is 29.9 Å². The molecule has 1 atom stereocenters. The van der Waals surface area contributed by atoms with Gasteiger partial charge in [-0.05, 0) is 44.1 Å². The number of aryl methyl sites for hydroxylation is 2. The monoisotopic (exact) mass is 356 g/mol. The van der Waals surface area contributed by atoms with E-state index >= 15 is 0 Å². The lowest BCUT2D eigenvalue weighted by molar-refractivity contribution is -0.134. The quantitative estimate of drug-likeness (QED) is 0.916. The van der Waals surface area contributed by atoms with E-state index in [4.69, 9.17) is 0 Å². The van der Waals surface area contributed by atoms with Crippen molar-refractivity contribution < 1.29 is 4.79 Å². The van der Waals surface area contributed by atoms with Crippen molar-refractivity contribution in [3.8, 4) is 0 Å². The second-order valence-electron chi connectivity index (χ2n) is 7.66. The number of anilines is 1. The Labute approximate surface area is 151 Å². The Hall–Kier alpha value is -1.69. The molecule has 0 bridgehead atoms. The van der Waals surface area contributed by atoms with Gasteiger partial charge in [0.15, 0.2) is 0 Å². The topological polar surface area (TPSA) is 58.1 Å². The molecule has 25 heavy (non-hydrogen) atoms. The fourth-order valence-electron chi connectivity index (χ4n) is 4.74. The lowest BCUT2D eigenvalue weighted by Gasteiger charge is -2.21. The van der Waals surface area contributed by atoms with Crippen molar-refractivity contribution in [1.29, 1.82) is 0 Å². The van der Waals surface area contributed by atoms with Crippen LogP contribution in [0.4, 0.5) is 5.82 Å². The van der Waals surface area contributed by atoms with Crippen molar-refractivity contribution in [2.24, 2.45) is 5.92 Å². The van der Waals surface area contributed by atoms with Crippen LogP contribution in [-0.2, 0) is 17.6 Å². The molecule has 1 N–H and O–H groups in total. The number of amides is 1. The summed E-state index contributed by atoms with van der Waals surface area (Å²) in [6.07, 6.45) is 10.9. The van der Waals surface area contributed by atoms with Crippen molar-refractivity contribution in [3.05, 3.63) is 16.8 Å². The van der Waals surface area contributed by atoms with Gasteiger partial charge in [-0.2, -0.15) is 0 Å². The van der Waals surface area contributed by atoms with Gasteiger partial charge in [-0.1, -0.05) is 12.8 Å². The fourth-order valence-corrected chi connectivity index (χ4v) is 5.97. The molecule has 2 fully saturated rings. The molecule has 3 aliphatic rings. The summed E-state index contributed by atoms with van der Waals surface area (Å²) in [5, 5.41) is 4.87. The normalized spacial score (nSPS) is 23.5. The predicted molar refractivity (Wildman–Crippen MR) is 100 cm³/mol. The Morgan fingerprint density at radius 1 is 1.16 bits per heavy atom. The summed E-state index contributed by atoms with van der Waals surface area (Å²) in [6, 6.07) is 0.306. The van der Waals surface area contributed by atoms with Crippen molar-refractivity contribution >= 4 is 33.3 Å². The number of fused-ring (bicyclic) bond motifs is 3. The van der Waals surface area contributed by atoms with Crippen LogP contribution in [0.3, 0.4) is 0 Å². The van der Waals surface area contributed by atoms with E-state index in [2.05, 4.69) is 20.2 Å². The molecular weight excluding hydrogens is 332 g/mol. The molecule has 0 spiro atoms. The Morgan fingerprint density at radius 2 is 2.04 bits per heavy atom. The van der Waals surface area contributed by atoms with Gasteiger partial charge in [-0.15, -0.1) is 11.3 Å². The largest absolute Gasteiger partial charge is 0.365 e. The van der Waals surface area contributed by atoms with E-state index in [1.54, 1.807) is 6.33 Å². The van der Waals surface area contributed by atoms with Gasteiger partial charge in [-0.3, -0.25) is 4.79 Å². The number of carbonyl (C=O) groups excluding carboxylic acids is 1. The SMILES string of the molecule is O=C(C1CCCC1)N1CCC(Nc2ncnc3sc4c(c23)CCC4)C1. The number of hydrogen-bond acceptors (Lipinski definition) is 5. The zero-order valence-electron chi connectivity index (χ0n) is 14.5. The number of nitrogens with one attached hydrogen (secondary N) is 1. The molecule has 3 heterocycles. The molecule has 0 radical (unpaired) electrons. The van der Waals surface area contributed by atoms with E-state index < -0.39 is 0 Å². The molecular formula is C19H24N4OS. The maximum atomic E-state index is 12.6. The van der Waals surface area contributed by atoms with Gasteiger partial charge < -0.3 is 10.2 Å². The number of rotatable bonds is 3. The minimum absolute atomic E-state index is 0.282. The first-order valence-corrected chi connectivity index (χ1v) is 10.4. The van der Waals surface area contributed by atoms with E-state index in [0.29, 0.717) is 11.9 Å². The highest BCUT2D eigenvalue weighted by Gasteiger charge is 2.33. The third kappa shape index (κ3) is 2.71. The molecule has 1 aliphatic heterocycles. The van der Waals surface area contributed by atoms with Crippen molar-refractivity contribution in [1.82, 2.24) is 14.9 Å². The first-order chi connectivity index (χ1) is 12.3. The highest BCUT2D eigenvalue weighted by atomic mass is 32.1. The summed E-state index contributed by atoms with van der Waals surface area (Å²) in [5.41, 5.74) is 1.46. The van der Waals surface area contributed by atoms with E-state index in [1.807, 2.05) is 11.3 Å². The van der Waals surface area contributed by atoms with Crippen molar-refractivity contribution in [3.63, 3.8) is 0 Å². The first kappa shape index (κ1) is 15.6. The second kappa shape index (κ2) is 6.24. The highest BCUT2D eigenvalue weighted by molar-refractivity contribution is 7.19. The number of aromatic nitrogens is 2. The van der Waals surface area contributed by atoms with Gasteiger partial charge >= 0.3 is 0 Å². The standard InChI is InChI=1S/C19H24N4OS/c24-19(12-4-1-2-5-12)23-9-8-13(10-23)22-17-16-14-6-3-7-15(14)25-18(16)21-11-20-17/h11-13H,1-10H2,(H,20,21,22). The second-order valence-corrected chi connectivity index (χ2v) is 8.74. The van der Waals surface area contributed by atoms with E-state index in [1.165, 1.54) is 41.5 Å². The van der Waals surface area contributed by atoms with Crippen molar-refractivity contribution in [2.45, 2.75) is 57.4 Å². The molecule has 1 saturated heterocycles. The van der Waals surface area contributed by atoms with Crippen LogP contribution in [0.1, 0.15) is 49.0 Å². The van der Waals surface area contributed by atoms with Crippen LogP contribution in [0.2, 0.25) is 0 Å². The summed E-state index contributed by atoms with van der Waals surface area (Å²) in [5.74, 6) is 1.64. The molecule has 2 aromatic rings. The summed E-state index contributed by atoms with van der Waals surface area (Å²) in [7, 11) is 0. The Balaban J connectivity index is 1.33. The maximum absolute atomic E-state index is 12.6. The molecule has 0 aromatic carbocycles. The lowest BCUT2D eigenvalue weighted by atomic mass is 10.1. The van der Waals surface area contributed by atoms with Crippen LogP contribution >= 0.6 is 11.3 Å². The number of nitrogens with zero attached hydrogens (tertiary/aromatic N) is 3. The van der Waals surface area contributed by atoms with Crippen LogP contribution in [-0.4, -0.2) is 39.9 Å². The highest BCUT2D eigenvalue weighted by Crippen LogP contribution is 2.39. The lowest BCUT2D eigenvalue weighted by Crippen LogP contribution is -2.35. The summed E-state index contributed by atoms with van der Waals surface area (Å²) < 4.78 is 0. The molecule has 1 saturated carbocycles. The van der Waals surface area contributed by atoms with Crippen molar-refractivity contribution in [2.75, 3.05) is 18.4 Å². The molecule has 132 valence electrons.